The van der Waals surface area contributed by atoms with Gasteiger partial charge in [-0.05, 0) is 63.6 Å². The van der Waals surface area contributed by atoms with Crippen LogP contribution >= 0.6 is 0 Å². The second-order valence-electron chi connectivity index (χ2n) is 8.48. The van der Waals surface area contributed by atoms with Gasteiger partial charge in [-0.25, -0.2) is 0 Å². The zero-order valence-corrected chi connectivity index (χ0v) is 17.5. The van der Waals surface area contributed by atoms with Crippen LogP contribution in [0.1, 0.15) is 67.2 Å². The average Bonchev–Trinajstić information content (AvgIpc) is 2.41. The van der Waals surface area contributed by atoms with E-state index in [0.29, 0.717) is 12.3 Å². The summed E-state index contributed by atoms with van der Waals surface area (Å²) >= 11 is 0. The number of Topliss-reactive ketones (excluding diaryl/α,β-unsaturated/α-hetero) is 1. The van der Waals surface area contributed by atoms with Gasteiger partial charge in [0.15, 0.2) is 14.1 Å². The molecular formula is C19H38O3Si. The van der Waals surface area contributed by atoms with Gasteiger partial charge in [0.05, 0.1) is 0 Å². The van der Waals surface area contributed by atoms with Crippen molar-refractivity contribution in [3.63, 3.8) is 0 Å². The maximum absolute atomic E-state index is 11.0. The minimum absolute atomic E-state index is 0.162. The highest BCUT2D eigenvalue weighted by atomic mass is 28.4. The van der Waals surface area contributed by atoms with Gasteiger partial charge in [-0.1, -0.05) is 39.3 Å². The number of carbonyl (C=O) groups excluding carboxylic acids is 1. The minimum Gasteiger partial charge on any atom is -0.417 e. The molecule has 0 amide bonds. The molecule has 136 valence electrons. The van der Waals surface area contributed by atoms with Gasteiger partial charge in [0, 0.05) is 6.61 Å². The van der Waals surface area contributed by atoms with Gasteiger partial charge in [-0.2, -0.15) is 0 Å². The molecule has 0 aromatic rings. The number of allylic oxidation sites excluding steroid dienone is 1. The van der Waals surface area contributed by atoms with E-state index in [2.05, 4.69) is 47.7 Å². The fourth-order valence-corrected chi connectivity index (χ4v) is 3.09. The lowest BCUT2D eigenvalue weighted by Crippen LogP contribution is -2.41. The molecule has 0 bridgehead atoms. The van der Waals surface area contributed by atoms with Crippen LogP contribution in [0.5, 0.6) is 0 Å². The number of hydrogen-bond donors (Lipinski definition) is 1. The Morgan fingerprint density at radius 2 is 1.83 bits per heavy atom. The van der Waals surface area contributed by atoms with Crippen LogP contribution in [0.3, 0.4) is 0 Å². The number of hydrogen-bond acceptors (Lipinski definition) is 3. The van der Waals surface area contributed by atoms with Crippen LogP contribution in [-0.4, -0.2) is 31.9 Å². The summed E-state index contributed by atoms with van der Waals surface area (Å²) in [5.41, 5.74) is 1.25. The molecule has 0 aromatic carbocycles. The van der Waals surface area contributed by atoms with Crippen LogP contribution in [0, 0.1) is 5.92 Å². The maximum Gasteiger partial charge on any atom is 0.191 e. The summed E-state index contributed by atoms with van der Waals surface area (Å²) < 4.78 is 6.27. The van der Waals surface area contributed by atoms with Gasteiger partial charge >= 0.3 is 0 Å². The molecule has 0 heterocycles. The van der Waals surface area contributed by atoms with E-state index in [4.69, 9.17) is 4.43 Å². The van der Waals surface area contributed by atoms with E-state index >= 15 is 0 Å². The summed E-state index contributed by atoms with van der Waals surface area (Å²) in [6.07, 6.45) is 4.88. The smallest absolute Gasteiger partial charge is 0.191 e. The van der Waals surface area contributed by atoms with E-state index < -0.39 is 14.4 Å². The molecule has 0 saturated heterocycles. The topological polar surface area (TPSA) is 46.5 Å². The summed E-state index contributed by atoms with van der Waals surface area (Å²) in [5, 5.41) is 9.76. The molecule has 2 atom stereocenters. The van der Waals surface area contributed by atoms with Gasteiger partial charge in [-0.15, -0.1) is 0 Å². The zero-order valence-electron chi connectivity index (χ0n) is 16.5. The summed E-state index contributed by atoms with van der Waals surface area (Å²) in [6.45, 7) is 18.0. The highest BCUT2D eigenvalue weighted by Gasteiger charge is 2.37. The molecule has 0 spiro atoms. The molecule has 0 saturated carbocycles. The van der Waals surface area contributed by atoms with Crippen molar-refractivity contribution in [2.24, 2.45) is 5.92 Å². The molecule has 0 aliphatic carbocycles. The lowest BCUT2D eigenvalue weighted by atomic mass is 10.0. The standard InChI is InChI=1S/C19H38O3Si/c1-15(12-13-18(21)17(3)20)10-9-11-16(2)14-22-23(7,8)19(4,5)6/h12,16,18,21H,9-11,13-14H2,1-8H3/b15-12-/t16-,18?/m0/s1. The number of ketones is 1. The normalized spacial score (nSPS) is 16.3. The number of rotatable bonds is 10. The van der Waals surface area contributed by atoms with Crippen LogP contribution in [0.4, 0.5) is 0 Å². The van der Waals surface area contributed by atoms with E-state index in [1.54, 1.807) is 0 Å². The molecule has 0 aromatic heterocycles. The van der Waals surface area contributed by atoms with Crippen molar-refractivity contribution in [1.29, 1.82) is 0 Å². The van der Waals surface area contributed by atoms with Crippen molar-refractivity contribution in [1.82, 2.24) is 0 Å². The van der Waals surface area contributed by atoms with Gasteiger partial charge in [0.2, 0.25) is 0 Å². The summed E-state index contributed by atoms with van der Waals surface area (Å²) in [5.74, 6) is 0.408. The molecular weight excluding hydrogens is 304 g/mol. The fraction of sp³-hybridized carbons (Fsp3) is 0.842. The van der Waals surface area contributed by atoms with Crippen LogP contribution in [0.15, 0.2) is 11.6 Å². The second kappa shape index (κ2) is 9.75. The average molecular weight is 343 g/mol. The van der Waals surface area contributed by atoms with Crippen LogP contribution in [-0.2, 0) is 9.22 Å². The summed E-state index contributed by atoms with van der Waals surface area (Å²) in [4.78, 5) is 11.0. The molecule has 0 radical (unpaired) electrons. The SMILES string of the molecule is CC(=O)C(O)C/C=C(/C)CCC[C@H](C)CO[Si](C)(C)C(C)(C)C. The second-order valence-corrected chi connectivity index (χ2v) is 13.3. The van der Waals surface area contributed by atoms with E-state index in [1.165, 1.54) is 12.5 Å². The first-order valence-electron chi connectivity index (χ1n) is 8.85. The first-order chi connectivity index (χ1) is 10.4. The Kier molecular flexibility index (Phi) is 9.56. The van der Waals surface area contributed by atoms with Crippen LogP contribution in [0.25, 0.3) is 0 Å². The molecule has 0 rings (SSSR count). The van der Waals surface area contributed by atoms with E-state index in [0.717, 1.165) is 25.9 Å². The lowest BCUT2D eigenvalue weighted by molar-refractivity contribution is -0.124. The monoisotopic (exact) mass is 342 g/mol. The van der Waals surface area contributed by atoms with Crippen molar-refractivity contribution < 1.29 is 14.3 Å². The highest BCUT2D eigenvalue weighted by molar-refractivity contribution is 6.74. The zero-order chi connectivity index (χ0) is 18.3. The van der Waals surface area contributed by atoms with Crippen molar-refractivity contribution in [2.75, 3.05) is 6.61 Å². The lowest BCUT2D eigenvalue weighted by Gasteiger charge is -2.37. The highest BCUT2D eigenvalue weighted by Crippen LogP contribution is 2.36. The molecule has 0 fully saturated rings. The minimum atomic E-state index is -1.64. The van der Waals surface area contributed by atoms with E-state index in [1.807, 2.05) is 6.08 Å². The first-order valence-corrected chi connectivity index (χ1v) is 11.8. The van der Waals surface area contributed by atoms with Gasteiger partial charge in [-0.3, -0.25) is 4.79 Å². The summed E-state index contributed by atoms with van der Waals surface area (Å²) in [6, 6.07) is 0. The third kappa shape index (κ3) is 9.43. The molecule has 1 unspecified atom stereocenters. The Morgan fingerprint density at radius 3 is 2.30 bits per heavy atom. The Bertz CT molecular complexity index is 394. The molecule has 1 N–H and O–H groups in total. The van der Waals surface area contributed by atoms with Crippen molar-refractivity contribution in [2.45, 2.75) is 91.5 Å². The Hall–Kier alpha value is -0.453. The van der Waals surface area contributed by atoms with E-state index in [9.17, 15) is 9.90 Å². The van der Waals surface area contributed by atoms with Crippen LogP contribution in [0.2, 0.25) is 18.1 Å². The Morgan fingerprint density at radius 1 is 1.26 bits per heavy atom. The predicted octanol–water partition coefficient (Wildman–Crippen LogP) is 5.10. The third-order valence-electron chi connectivity index (χ3n) is 4.96. The van der Waals surface area contributed by atoms with Gasteiger partial charge in [0.25, 0.3) is 0 Å². The molecule has 0 aliphatic heterocycles. The predicted molar refractivity (Wildman–Crippen MR) is 101 cm³/mol. The molecule has 0 aliphatic rings. The first kappa shape index (κ1) is 22.5. The molecule has 23 heavy (non-hydrogen) atoms. The van der Waals surface area contributed by atoms with Crippen molar-refractivity contribution >= 4 is 14.1 Å². The number of aliphatic hydroxyl groups excluding tert-OH is 1. The third-order valence-corrected chi connectivity index (χ3v) is 9.46. The Balaban J connectivity index is 4.05. The van der Waals surface area contributed by atoms with Crippen molar-refractivity contribution in [3.8, 4) is 0 Å². The summed E-state index contributed by atoms with van der Waals surface area (Å²) in [7, 11) is -1.64. The van der Waals surface area contributed by atoms with Gasteiger partial charge < -0.3 is 9.53 Å². The van der Waals surface area contributed by atoms with Crippen molar-refractivity contribution in [3.05, 3.63) is 11.6 Å². The number of aliphatic hydroxyl groups is 1. The molecule has 3 nitrogen and oxygen atoms in total. The maximum atomic E-state index is 11.0. The van der Waals surface area contributed by atoms with Gasteiger partial charge in [0.1, 0.15) is 6.10 Å². The quantitative estimate of drug-likeness (QED) is 0.444. The fourth-order valence-electron chi connectivity index (χ4n) is 1.96. The van der Waals surface area contributed by atoms with E-state index in [-0.39, 0.29) is 10.8 Å². The van der Waals surface area contributed by atoms with Crippen LogP contribution < -0.4 is 0 Å². The number of carbonyl (C=O) groups is 1. The molecule has 4 heteroatoms. The largest absolute Gasteiger partial charge is 0.417 e. The Labute approximate surface area is 144 Å².